The molecule has 9 heteroatoms. The van der Waals surface area contributed by atoms with Crippen LogP contribution in [0.2, 0.25) is 0 Å². The molecule has 3 heterocycles. The predicted molar refractivity (Wildman–Crippen MR) is 73.2 cm³/mol. The Morgan fingerprint density at radius 2 is 2.29 bits per heavy atom. The van der Waals surface area contributed by atoms with Crippen molar-refractivity contribution in [3.8, 4) is 0 Å². The molecular weight excluding hydrogens is 274 g/mol. The summed E-state index contributed by atoms with van der Waals surface area (Å²) >= 11 is 0. The van der Waals surface area contributed by atoms with E-state index in [-0.39, 0.29) is 6.10 Å². The van der Waals surface area contributed by atoms with E-state index in [1.54, 1.807) is 10.9 Å². The maximum absolute atomic E-state index is 10.4. The topological polar surface area (TPSA) is 122 Å². The Kier molecular flexibility index (Phi) is 3.46. The number of aryl methyl sites for hydroxylation is 1. The Morgan fingerprint density at radius 1 is 1.48 bits per heavy atom. The summed E-state index contributed by atoms with van der Waals surface area (Å²) in [5.41, 5.74) is 10.6. The van der Waals surface area contributed by atoms with Gasteiger partial charge in [0, 0.05) is 4.91 Å². The number of azide groups is 1. The number of aromatic nitrogens is 4. The molecule has 4 atom stereocenters. The standard InChI is InChI=1S/C12H15N7O2/c1-3-7-9(17-18-13)10(20)12(21-7)19-5-16-8-6(2)14-4-15-11(8)19/h4-5,7,9-10,12,20H,3H2,1-2H3/t7-,9?,10+,12-/m1/s1. The molecule has 1 N–H and O–H groups in total. The molecule has 0 saturated carbocycles. The Hall–Kier alpha value is -2.22. The molecule has 0 aliphatic carbocycles. The normalized spacial score (nSPS) is 28.7. The van der Waals surface area contributed by atoms with E-state index in [9.17, 15) is 5.11 Å². The van der Waals surface area contributed by atoms with Gasteiger partial charge in [-0.1, -0.05) is 12.0 Å². The molecule has 1 fully saturated rings. The average Bonchev–Trinajstić information content (AvgIpc) is 3.03. The zero-order valence-corrected chi connectivity index (χ0v) is 11.7. The number of aliphatic hydroxyl groups is 1. The van der Waals surface area contributed by atoms with Crippen LogP contribution in [-0.4, -0.2) is 42.9 Å². The van der Waals surface area contributed by atoms with Crippen molar-refractivity contribution in [3.63, 3.8) is 0 Å². The van der Waals surface area contributed by atoms with Crippen molar-refractivity contribution in [3.05, 3.63) is 28.8 Å². The van der Waals surface area contributed by atoms with Crippen LogP contribution in [0.3, 0.4) is 0 Å². The third kappa shape index (κ3) is 2.11. The molecule has 0 spiro atoms. The number of imidazole rings is 1. The van der Waals surface area contributed by atoms with E-state index in [0.29, 0.717) is 17.6 Å². The molecule has 1 aliphatic rings. The fraction of sp³-hybridized carbons (Fsp3) is 0.583. The van der Waals surface area contributed by atoms with Crippen LogP contribution in [0.25, 0.3) is 21.6 Å². The molecule has 110 valence electrons. The van der Waals surface area contributed by atoms with Crippen LogP contribution in [0, 0.1) is 6.92 Å². The van der Waals surface area contributed by atoms with E-state index in [0.717, 1.165) is 5.69 Å². The smallest absolute Gasteiger partial charge is 0.165 e. The van der Waals surface area contributed by atoms with Crippen LogP contribution in [0.15, 0.2) is 17.8 Å². The van der Waals surface area contributed by atoms with Crippen LogP contribution in [0.5, 0.6) is 0 Å². The van der Waals surface area contributed by atoms with Crippen molar-refractivity contribution >= 4 is 11.2 Å². The number of aliphatic hydroxyl groups excluding tert-OH is 1. The minimum atomic E-state index is -0.946. The van der Waals surface area contributed by atoms with Crippen molar-refractivity contribution in [2.45, 2.75) is 44.7 Å². The molecule has 0 radical (unpaired) electrons. The summed E-state index contributed by atoms with van der Waals surface area (Å²) in [5.74, 6) is 0. The quantitative estimate of drug-likeness (QED) is 0.521. The second kappa shape index (κ2) is 5.28. The van der Waals surface area contributed by atoms with Gasteiger partial charge in [-0.15, -0.1) is 0 Å². The van der Waals surface area contributed by atoms with Crippen molar-refractivity contribution in [2.75, 3.05) is 0 Å². The maximum Gasteiger partial charge on any atom is 0.165 e. The van der Waals surface area contributed by atoms with Crippen LogP contribution in [-0.2, 0) is 4.74 Å². The fourth-order valence-corrected chi connectivity index (χ4v) is 2.65. The Bertz CT molecular complexity index is 709. The second-order valence-electron chi connectivity index (χ2n) is 4.94. The maximum atomic E-state index is 10.4. The minimum absolute atomic E-state index is 0.332. The number of fused-ring (bicyclic) bond motifs is 1. The molecule has 2 aromatic rings. The zero-order valence-electron chi connectivity index (χ0n) is 11.7. The van der Waals surface area contributed by atoms with E-state index in [2.05, 4.69) is 25.0 Å². The molecule has 21 heavy (non-hydrogen) atoms. The number of ether oxygens (including phenoxy) is 1. The van der Waals surface area contributed by atoms with Gasteiger partial charge in [0.15, 0.2) is 11.9 Å². The molecule has 1 aliphatic heterocycles. The zero-order chi connectivity index (χ0) is 15.0. The van der Waals surface area contributed by atoms with E-state index in [1.165, 1.54) is 6.33 Å². The summed E-state index contributed by atoms with van der Waals surface area (Å²) in [5, 5.41) is 14.1. The first kappa shape index (κ1) is 13.7. The molecule has 0 aromatic carbocycles. The van der Waals surface area contributed by atoms with Crippen LogP contribution in [0.4, 0.5) is 0 Å². The van der Waals surface area contributed by atoms with Gasteiger partial charge in [0.1, 0.15) is 17.9 Å². The summed E-state index contributed by atoms with van der Waals surface area (Å²) in [6.45, 7) is 3.75. The summed E-state index contributed by atoms with van der Waals surface area (Å²) in [6, 6.07) is -0.620. The lowest BCUT2D eigenvalue weighted by atomic mass is 10.1. The van der Waals surface area contributed by atoms with Gasteiger partial charge in [0.25, 0.3) is 0 Å². The van der Waals surface area contributed by atoms with E-state index in [4.69, 9.17) is 10.3 Å². The highest BCUT2D eigenvalue weighted by atomic mass is 16.5. The van der Waals surface area contributed by atoms with E-state index >= 15 is 0 Å². The second-order valence-corrected chi connectivity index (χ2v) is 4.94. The predicted octanol–water partition coefficient (Wildman–Crippen LogP) is 1.48. The molecule has 9 nitrogen and oxygen atoms in total. The van der Waals surface area contributed by atoms with Gasteiger partial charge in [-0.05, 0) is 18.9 Å². The lowest BCUT2D eigenvalue weighted by molar-refractivity contribution is -0.0355. The van der Waals surface area contributed by atoms with Crippen LogP contribution in [0.1, 0.15) is 25.3 Å². The van der Waals surface area contributed by atoms with Crippen molar-refractivity contribution in [1.29, 1.82) is 0 Å². The van der Waals surface area contributed by atoms with Gasteiger partial charge in [0.2, 0.25) is 0 Å². The SMILES string of the molecule is CC[C@H]1O[C@@H](n2cnc3c(C)ncnc32)[C@@H](O)C1N=[N+]=[N-]. The lowest BCUT2D eigenvalue weighted by Crippen LogP contribution is -2.29. The van der Waals surface area contributed by atoms with Crippen molar-refractivity contribution in [1.82, 2.24) is 19.5 Å². The first-order valence-electron chi connectivity index (χ1n) is 6.69. The molecule has 1 unspecified atom stereocenters. The summed E-state index contributed by atoms with van der Waals surface area (Å²) in [7, 11) is 0. The van der Waals surface area contributed by atoms with E-state index < -0.39 is 18.4 Å². The van der Waals surface area contributed by atoms with Gasteiger partial charge in [0.05, 0.1) is 24.2 Å². The third-order valence-electron chi connectivity index (χ3n) is 3.74. The highest BCUT2D eigenvalue weighted by Crippen LogP contribution is 2.34. The third-order valence-corrected chi connectivity index (χ3v) is 3.74. The monoisotopic (exact) mass is 289 g/mol. The van der Waals surface area contributed by atoms with Gasteiger partial charge in [-0.25, -0.2) is 15.0 Å². The van der Waals surface area contributed by atoms with Crippen molar-refractivity contribution < 1.29 is 9.84 Å². The number of rotatable bonds is 3. The minimum Gasteiger partial charge on any atom is -0.388 e. The number of hydrogen-bond acceptors (Lipinski definition) is 6. The fourth-order valence-electron chi connectivity index (χ4n) is 2.65. The Labute approximate surface area is 120 Å². The largest absolute Gasteiger partial charge is 0.388 e. The highest BCUT2D eigenvalue weighted by molar-refractivity contribution is 5.72. The van der Waals surface area contributed by atoms with Crippen LogP contribution >= 0.6 is 0 Å². The Balaban J connectivity index is 2.03. The van der Waals surface area contributed by atoms with Gasteiger partial charge in [-0.3, -0.25) is 4.57 Å². The van der Waals surface area contributed by atoms with Gasteiger partial charge >= 0.3 is 0 Å². The average molecular weight is 289 g/mol. The summed E-state index contributed by atoms with van der Waals surface area (Å²) in [4.78, 5) is 15.3. The summed E-state index contributed by atoms with van der Waals surface area (Å²) < 4.78 is 7.49. The Morgan fingerprint density at radius 3 is 3.00 bits per heavy atom. The van der Waals surface area contributed by atoms with Crippen molar-refractivity contribution in [2.24, 2.45) is 5.11 Å². The van der Waals surface area contributed by atoms with Gasteiger partial charge < -0.3 is 9.84 Å². The first-order valence-corrected chi connectivity index (χ1v) is 6.69. The number of hydrogen-bond donors (Lipinski definition) is 1. The molecule has 2 aromatic heterocycles. The number of nitrogens with zero attached hydrogens (tertiary/aromatic N) is 7. The molecule has 0 bridgehead atoms. The molecular formula is C12H15N7O2. The van der Waals surface area contributed by atoms with Gasteiger partial charge in [-0.2, -0.15) is 0 Å². The first-order chi connectivity index (χ1) is 10.2. The van der Waals surface area contributed by atoms with E-state index in [1.807, 2.05) is 13.8 Å². The molecule has 0 amide bonds. The molecule has 3 rings (SSSR count). The molecule has 1 saturated heterocycles. The van der Waals surface area contributed by atoms with Crippen LogP contribution < -0.4 is 0 Å². The highest BCUT2D eigenvalue weighted by Gasteiger charge is 2.43. The summed E-state index contributed by atoms with van der Waals surface area (Å²) in [6.07, 6.45) is 1.69. The lowest BCUT2D eigenvalue weighted by Gasteiger charge is -2.16.